The summed E-state index contributed by atoms with van der Waals surface area (Å²) in [7, 11) is 1.77. The summed E-state index contributed by atoms with van der Waals surface area (Å²) in [4.78, 5) is 12.2. The molecule has 0 aliphatic heterocycles. The van der Waals surface area contributed by atoms with Crippen LogP contribution < -0.4 is 5.32 Å². The van der Waals surface area contributed by atoms with Gasteiger partial charge in [0.1, 0.15) is 5.69 Å². The second-order valence-corrected chi connectivity index (χ2v) is 5.68. The Bertz CT molecular complexity index is 432. The third kappa shape index (κ3) is 2.69. The summed E-state index contributed by atoms with van der Waals surface area (Å²) in [6.07, 6.45) is 5.90. The van der Waals surface area contributed by atoms with Gasteiger partial charge in [0.2, 0.25) is 0 Å². The van der Waals surface area contributed by atoms with E-state index in [1.807, 2.05) is 0 Å². The zero-order valence-corrected chi connectivity index (χ0v) is 11.7. The zero-order chi connectivity index (χ0) is 13.2. The number of halogens is 1. The number of aryl methyl sites for hydroxylation is 1. The predicted octanol–water partition coefficient (Wildman–Crippen LogP) is 2.34. The van der Waals surface area contributed by atoms with Gasteiger partial charge in [-0.15, -0.1) is 11.6 Å². The van der Waals surface area contributed by atoms with Gasteiger partial charge < -0.3 is 5.32 Å². The largest absolute Gasteiger partial charge is 0.344 e. The molecule has 1 aromatic heterocycles. The minimum absolute atomic E-state index is 0.0789. The van der Waals surface area contributed by atoms with E-state index in [4.69, 9.17) is 11.6 Å². The predicted molar refractivity (Wildman–Crippen MR) is 71.8 cm³/mol. The standard InChI is InChI=1S/C13H20ClN3O/c1-10-4-3-6-13(8-10,9-14)16-12(18)11-5-7-15-17(11)2/h5,7,10H,3-4,6,8-9H2,1-2H3,(H,16,18). The average molecular weight is 270 g/mol. The first-order valence-electron chi connectivity index (χ1n) is 6.43. The smallest absolute Gasteiger partial charge is 0.270 e. The molecule has 1 saturated carbocycles. The molecule has 18 heavy (non-hydrogen) atoms. The normalized spacial score (nSPS) is 28.1. The SMILES string of the molecule is CC1CCCC(CCl)(NC(=O)c2ccnn2C)C1. The van der Waals surface area contributed by atoms with E-state index in [0.717, 1.165) is 19.3 Å². The van der Waals surface area contributed by atoms with Crippen molar-refractivity contribution in [3.8, 4) is 0 Å². The Labute approximate surface area is 113 Å². The number of aromatic nitrogens is 2. The number of rotatable bonds is 3. The van der Waals surface area contributed by atoms with Crippen molar-refractivity contribution in [3.63, 3.8) is 0 Å². The number of hydrogen-bond donors (Lipinski definition) is 1. The van der Waals surface area contributed by atoms with E-state index in [0.29, 0.717) is 17.5 Å². The lowest BCUT2D eigenvalue weighted by Gasteiger charge is -2.39. The summed E-state index contributed by atoms with van der Waals surface area (Å²) in [5, 5.41) is 7.14. The molecule has 4 nitrogen and oxygen atoms in total. The molecular weight excluding hydrogens is 250 g/mol. The molecule has 1 aliphatic rings. The molecule has 1 amide bonds. The van der Waals surface area contributed by atoms with Crippen LogP contribution in [0.4, 0.5) is 0 Å². The molecule has 1 fully saturated rings. The molecule has 2 atom stereocenters. The van der Waals surface area contributed by atoms with Crippen LogP contribution in [0.3, 0.4) is 0 Å². The van der Waals surface area contributed by atoms with Gasteiger partial charge in [0.05, 0.1) is 5.54 Å². The van der Waals surface area contributed by atoms with Crippen molar-refractivity contribution < 1.29 is 4.79 Å². The molecule has 0 spiro atoms. The maximum atomic E-state index is 12.2. The molecule has 0 saturated heterocycles. The Balaban J connectivity index is 2.11. The fraction of sp³-hybridized carbons (Fsp3) is 0.692. The van der Waals surface area contributed by atoms with Gasteiger partial charge in [0.15, 0.2) is 0 Å². The monoisotopic (exact) mass is 269 g/mol. The van der Waals surface area contributed by atoms with Crippen LogP contribution in [0.2, 0.25) is 0 Å². The molecule has 1 N–H and O–H groups in total. The van der Waals surface area contributed by atoms with Crippen LogP contribution in [0.5, 0.6) is 0 Å². The molecule has 1 heterocycles. The van der Waals surface area contributed by atoms with E-state index < -0.39 is 0 Å². The summed E-state index contributed by atoms with van der Waals surface area (Å²) in [5.41, 5.74) is 0.332. The molecular formula is C13H20ClN3O. The lowest BCUT2D eigenvalue weighted by Crippen LogP contribution is -2.53. The highest BCUT2D eigenvalue weighted by molar-refractivity contribution is 6.19. The van der Waals surface area contributed by atoms with Crippen molar-refractivity contribution in [3.05, 3.63) is 18.0 Å². The molecule has 2 rings (SSSR count). The van der Waals surface area contributed by atoms with Crippen LogP contribution in [-0.2, 0) is 7.05 Å². The summed E-state index contributed by atoms with van der Waals surface area (Å²) >= 11 is 6.11. The van der Waals surface area contributed by atoms with Crippen molar-refractivity contribution >= 4 is 17.5 Å². The van der Waals surface area contributed by atoms with Crippen LogP contribution in [-0.4, -0.2) is 27.1 Å². The molecule has 0 aromatic carbocycles. The molecule has 100 valence electrons. The second-order valence-electron chi connectivity index (χ2n) is 5.41. The van der Waals surface area contributed by atoms with E-state index in [1.165, 1.54) is 6.42 Å². The number of carbonyl (C=O) groups excluding carboxylic acids is 1. The van der Waals surface area contributed by atoms with Crippen molar-refractivity contribution in [1.29, 1.82) is 0 Å². The number of alkyl halides is 1. The number of carbonyl (C=O) groups is 1. The quantitative estimate of drug-likeness (QED) is 0.856. The number of nitrogens with zero attached hydrogens (tertiary/aromatic N) is 2. The highest BCUT2D eigenvalue weighted by atomic mass is 35.5. The summed E-state index contributed by atoms with van der Waals surface area (Å²) in [6.45, 7) is 2.22. The first-order chi connectivity index (χ1) is 8.56. The highest BCUT2D eigenvalue weighted by Crippen LogP contribution is 2.33. The van der Waals surface area contributed by atoms with Crippen LogP contribution in [0.25, 0.3) is 0 Å². The Morgan fingerprint density at radius 2 is 2.50 bits per heavy atom. The third-order valence-corrected chi connectivity index (χ3v) is 4.29. The van der Waals surface area contributed by atoms with Gasteiger partial charge in [-0.3, -0.25) is 9.48 Å². The van der Waals surface area contributed by atoms with Crippen LogP contribution in [0.1, 0.15) is 43.1 Å². The van der Waals surface area contributed by atoms with Crippen molar-refractivity contribution in [2.75, 3.05) is 5.88 Å². The van der Waals surface area contributed by atoms with Crippen molar-refractivity contribution in [2.24, 2.45) is 13.0 Å². The topological polar surface area (TPSA) is 46.9 Å². The Morgan fingerprint density at radius 1 is 1.72 bits per heavy atom. The summed E-state index contributed by atoms with van der Waals surface area (Å²) in [5.74, 6) is 1.01. The first-order valence-corrected chi connectivity index (χ1v) is 6.96. The lowest BCUT2D eigenvalue weighted by atomic mass is 9.77. The van der Waals surface area contributed by atoms with E-state index in [1.54, 1.807) is 24.0 Å². The maximum Gasteiger partial charge on any atom is 0.270 e. The van der Waals surface area contributed by atoms with Crippen LogP contribution in [0.15, 0.2) is 12.3 Å². The van der Waals surface area contributed by atoms with Crippen molar-refractivity contribution in [1.82, 2.24) is 15.1 Å². The lowest BCUT2D eigenvalue weighted by molar-refractivity contribution is 0.0857. The Hall–Kier alpha value is -1.03. The minimum Gasteiger partial charge on any atom is -0.344 e. The van der Waals surface area contributed by atoms with Gasteiger partial charge in [0.25, 0.3) is 5.91 Å². The Kier molecular flexibility index (Phi) is 3.95. The highest BCUT2D eigenvalue weighted by Gasteiger charge is 2.36. The Morgan fingerprint density at radius 3 is 3.06 bits per heavy atom. The van der Waals surface area contributed by atoms with E-state index in [-0.39, 0.29) is 11.4 Å². The molecule has 5 heteroatoms. The van der Waals surface area contributed by atoms with Gasteiger partial charge in [-0.05, 0) is 24.8 Å². The van der Waals surface area contributed by atoms with E-state index >= 15 is 0 Å². The fourth-order valence-electron chi connectivity index (χ4n) is 2.83. The molecule has 1 aromatic rings. The van der Waals surface area contributed by atoms with Crippen molar-refractivity contribution in [2.45, 2.75) is 38.1 Å². The van der Waals surface area contributed by atoms with E-state index in [9.17, 15) is 4.79 Å². The molecule has 2 unspecified atom stereocenters. The van der Waals surface area contributed by atoms with Gasteiger partial charge in [-0.1, -0.05) is 19.8 Å². The van der Waals surface area contributed by atoms with Gasteiger partial charge >= 0.3 is 0 Å². The number of nitrogens with one attached hydrogen (secondary N) is 1. The molecule has 0 bridgehead atoms. The van der Waals surface area contributed by atoms with Gasteiger partial charge in [-0.2, -0.15) is 5.10 Å². The van der Waals surface area contributed by atoms with Gasteiger partial charge in [-0.25, -0.2) is 0 Å². The average Bonchev–Trinajstić information content (AvgIpc) is 2.75. The second kappa shape index (κ2) is 5.31. The molecule has 0 radical (unpaired) electrons. The zero-order valence-electron chi connectivity index (χ0n) is 10.9. The molecule has 1 aliphatic carbocycles. The third-order valence-electron chi connectivity index (χ3n) is 3.78. The van der Waals surface area contributed by atoms with E-state index in [2.05, 4.69) is 17.3 Å². The number of amides is 1. The fourth-order valence-corrected chi connectivity index (χ4v) is 3.14. The van der Waals surface area contributed by atoms with Crippen LogP contribution >= 0.6 is 11.6 Å². The van der Waals surface area contributed by atoms with Gasteiger partial charge in [0, 0.05) is 19.1 Å². The number of hydrogen-bond acceptors (Lipinski definition) is 2. The summed E-state index contributed by atoms with van der Waals surface area (Å²) in [6, 6.07) is 1.73. The first kappa shape index (κ1) is 13.4. The maximum absolute atomic E-state index is 12.2. The van der Waals surface area contributed by atoms with Crippen LogP contribution in [0, 0.1) is 5.92 Å². The summed E-state index contributed by atoms with van der Waals surface area (Å²) < 4.78 is 1.59. The minimum atomic E-state index is -0.249.